The summed E-state index contributed by atoms with van der Waals surface area (Å²) < 4.78 is 2.01. The fourth-order valence-electron chi connectivity index (χ4n) is 1.70. The molecule has 108 valence electrons. The molecule has 0 unspecified atom stereocenters. The number of hydrogen-bond donors (Lipinski definition) is 2. The SMILES string of the molecule is C=C(C)CN=C(N)NCCc1cn2ccccc2n1.I. The number of hydrogen-bond acceptors (Lipinski definition) is 2. The van der Waals surface area contributed by atoms with E-state index in [1.807, 2.05) is 41.9 Å². The lowest BCUT2D eigenvalue weighted by Gasteiger charge is -2.03. The van der Waals surface area contributed by atoms with Crippen molar-refractivity contribution < 1.29 is 0 Å². The Hall–Kier alpha value is -1.57. The predicted molar refractivity (Wildman–Crippen MR) is 93.6 cm³/mol. The monoisotopic (exact) mass is 385 g/mol. The Kier molecular flexibility index (Phi) is 6.50. The van der Waals surface area contributed by atoms with Crippen LogP contribution in [0.4, 0.5) is 0 Å². The Bertz CT molecular complexity index is 569. The van der Waals surface area contributed by atoms with Gasteiger partial charge >= 0.3 is 0 Å². The summed E-state index contributed by atoms with van der Waals surface area (Å²) in [7, 11) is 0. The third-order valence-corrected chi connectivity index (χ3v) is 2.62. The van der Waals surface area contributed by atoms with Crippen molar-refractivity contribution in [2.24, 2.45) is 10.7 Å². The van der Waals surface area contributed by atoms with Crippen molar-refractivity contribution in [3.05, 3.63) is 48.4 Å². The molecule has 0 spiro atoms. The van der Waals surface area contributed by atoms with Crippen LogP contribution < -0.4 is 11.1 Å². The molecule has 3 N–H and O–H groups in total. The molecule has 2 aromatic heterocycles. The molecule has 0 saturated carbocycles. The van der Waals surface area contributed by atoms with Gasteiger partial charge in [0, 0.05) is 25.4 Å². The summed E-state index contributed by atoms with van der Waals surface area (Å²) in [5.74, 6) is 0.451. The van der Waals surface area contributed by atoms with Crippen molar-refractivity contribution in [1.29, 1.82) is 0 Å². The highest BCUT2D eigenvalue weighted by molar-refractivity contribution is 14.0. The van der Waals surface area contributed by atoms with Crippen LogP contribution in [0.5, 0.6) is 0 Å². The normalized spacial score (nSPS) is 11.2. The van der Waals surface area contributed by atoms with Gasteiger partial charge < -0.3 is 15.5 Å². The molecule has 2 heterocycles. The van der Waals surface area contributed by atoms with Gasteiger partial charge in [-0.2, -0.15) is 0 Å². The molecule has 0 aliphatic heterocycles. The first kappa shape index (κ1) is 16.5. The molecule has 6 heteroatoms. The van der Waals surface area contributed by atoms with Gasteiger partial charge in [0.2, 0.25) is 0 Å². The second-order valence-corrected chi connectivity index (χ2v) is 4.53. The number of aliphatic imine (C=N–C) groups is 1. The Morgan fingerprint density at radius 1 is 1.50 bits per heavy atom. The van der Waals surface area contributed by atoms with Crippen LogP contribution in [-0.4, -0.2) is 28.4 Å². The summed E-state index contributed by atoms with van der Waals surface area (Å²) in [6, 6.07) is 5.95. The number of rotatable bonds is 5. The van der Waals surface area contributed by atoms with Crippen molar-refractivity contribution in [3.63, 3.8) is 0 Å². The Morgan fingerprint density at radius 3 is 3.00 bits per heavy atom. The molecule has 2 rings (SSSR count). The molecule has 0 atom stereocenters. The van der Waals surface area contributed by atoms with E-state index in [0.717, 1.165) is 29.9 Å². The van der Waals surface area contributed by atoms with Gasteiger partial charge in [0.1, 0.15) is 5.65 Å². The molecule has 0 aliphatic rings. The Labute approximate surface area is 136 Å². The molecule has 0 bridgehead atoms. The Balaban J connectivity index is 0.00000200. The summed E-state index contributed by atoms with van der Waals surface area (Å²) in [6.45, 7) is 6.98. The van der Waals surface area contributed by atoms with E-state index in [1.54, 1.807) is 0 Å². The van der Waals surface area contributed by atoms with Crippen molar-refractivity contribution >= 4 is 35.6 Å². The smallest absolute Gasteiger partial charge is 0.188 e. The molecular weight excluding hydrogens is 365 g/mol. The van der Waals surface area contributed by atoms with E-state index in [9.17, 15) is 0 Å². The first-order valence-corrected chi connectivity index (χ1v) is 6.26. The minimum atomic E-state index is 0. The zero-order valence-corrected chi connectivity index (χ0v) is 13.9. The van der Waals surface area contributed by atoms with Gasteiger partial charge in [-0.25, -0.2) is 9.98 Å². The van der Waals surface area contributed by atoms with Crippen molar-refractivity contribution in [3.8, 4) is 0 Å². The highest BCUT2D eigenvalue weighted by atomic mass is 127. The number of aromatic nitrogens is 2. The molecule has 0 aromatic carbocycles. The van der Waals surface area contributed by atoms with Crippen molar-refractivity contribution in [1.82, 2.24) is 14.7 Å². The van der Waals surface area contributed by atoms with Crippen LogP contribution >= 0.6 is 24.0 Å². The summed E-state index contributed by atoms with van der Waals surface area (Å²) in [6.07, 6.45) is 4.82. The minimum Gasteiger partial charge on any atom is -0.370 e. The van der Waals surface area contributed by atoms with Gasteiger partial charge in [0.15, 0.2) is 5.96 Å². The largest absolute Gasteiger partial charge is 0.370 e. The predicted octanol–water partition coefficient (Wildman–Crippen LogP) is 1.98. The molecular formula is C14H20IN5. The topological polar surface area (TPSA) is 67.7 Å². The molecule has 2 aromatic rings. The quantitative estimate of drug-likeness (QED) is 0.358. The number of nitrogens with one attached hydrogen (secondary N) is 1. The number of imidazole rings is 1. The van der Waals surface area contributed by atoms with Crippen LogP contribution in [0, 0.1) is 0 Å². The van der Waals surface area contributed by atoms with Crippen LogP contribution in [0.15, 0.2) is 47.7 Å². The standard InChI is InChI=1S/C14H19N5.HI/c1-11(2)9-17-14(15)16-7-6-12-10-19-8-4-3-5-13(19)18-12;/h3-5,8,10H,1,6-7,9H2,2H3,(H3,15,16,17);1H. The third kappa shape index (κ3) is 4.84. The number of guanidine groups is 1. The summed E-state index contributed by atoms with van der Waals surface area (Å²) >= 11 is 0. The van der Waals surface area contributed by atoms with Crippen LogP contribution in [0.2, 0.25) is 0 Å². The average Bonchev–Trinajstić information content (AvgIpc) is 2.79. The maximum absolute atomic E-state index is 5.73. The highest BCUT2D eigenvalue weighted by Crippen LogP contribution is 2.04. The molecule has 0 amide bonds. The van der Waals surface area contributed by atoms with Crippen LogP contribution in [0.1, 0.15) is 12.6 Å². The van der Waals surface area contributed by atoms with E-state index in [0.29, 0.717) is 12.5 Å². The van der Waals surface area contributed by atoms with Gasteiger partial charge in [0.25, 0.3) is 0 Å². The van der Waals surface area contributed by atoms with E-state index in [1.165, 1.54) is 0 Å². The molecule has 5 nitrogen and oxygen atoms in total. The summed E-state index contributed by atoms with van der Waals surface area (Å²) in [5.41, 5.74) is 8.72. The molecule has 20 heavy (non-hydrogen) atoms. The molecule has 0 saturated heterocycles. The van der Waals surface area contributed by atoms with Gasteiger partial charge in [-0.3, -0.25) is 0 Å². The second kappa shape index (κ2) is 7.88. The summed E-state index contributed by atoms with van der Waals surface area (Å²) in [5, 5.41) is 3.07. The van der Waals surface area contributed by atoms with Gasteiger partial charge in [0.05, 0.1) is 12.2 Å². The van der Waals surface area contributed by atoms with Gasteiger partial charge in [-0.05, 0) is 19.1 Å². The lowest BCUT2D eigenvalue weighted by molar-refractivity contribution is 0.837. The Morgan fingerprint density at radius 2 is 2.30 bits per heavy atom. The third-order valence-electron chi connectivity index (χ3n) is 2.62. The average molecular weight is 385 g/mol. The highest BCUT2D eigenvalue weighted by Gasteiger charge is 2.00. The van der Waals surface area contributed by atoms with E-state index in [4.69, 9.17) is 5.73 Å². The zero-order chi connectivity index (χ0) is 13.7. The van der Waals surface area contributed by atoms with Crippen LogP contribution in [-0.2, 0) is 6.42 Å². The minimum absolute atomic E-state index is 0. The molecule has 0 aliphatic carbocycles. The lowest BCUT2D eigenvalue weighted by Crippen LogP contribution is -2.33. The van der Waals surface area contributed by atoms with Crippen molar-refractivity contribution in [2.75, 3.05) is 13.1 Å². The van der Waals surface area contributed by atoms with Crippen LogP contribution in [0.25, 0.3) is 5.65 Å². The molecule has 0 radical (unpaired) electrons. The van der Waals surface area contributed by atoms with Gasteiger partial charge in [-0.1, -0.05) is 18.2 Å². The fraction of sp³-hybridized carbons (Fsp3) is 0.286. The summed E-state index contributed by atoms with van der Waals surface area (Å²) in [4.78, 5) is 8.67. The maximum atomic E-state index is 5.73. The lowest BCUT2D eigenvalue weighted by atomic mass is 10.3. The maximum Gasteiger partial charge on any atom is 0.188 e. The van der Waals surface area contributed by atoms with Crippen LogP contribution in [0.3, 0.4) is 0 Å². The first-order chi connectivity index (χ1) is 9.15. The van der Waals surface area contributed by atoms with Crippen molar-refractivity contribution in [2.45, 2.75) is 13.3 Å². The number of nitrogens with two attached hydrogens (primary N) is 1. The number of fused-ring (bicyclic) bond motifs is 1. The first-order valence-electron chi connectivity index (χ1n) is 6.26. The zero-order valence-electron chi connectivity index (χ0n) is 11.5. The van der Waals surface area contributed by atoms with E-state index < -0.39 is 0 Å². The van der Waals surface area contributed by atoms with E-state index in [-0.39, 0.29) is 24.0 Å². The second-order valence-electron chi connectivity index (χ2n) is 4.53. The van der Waals surface area contributed by atoms with E-state index >= 15 is 0 Å². The number of pyridine rings is 1. The number of halogens is 1. The van der Waals surface area contributed by atoms with E-state index in [2.05, 4.69) is 21.9 Å². The number of nitrogens with zero attached hydrogens (tertiary/aromatic N) is 3. The fourth-order valence-corrected chi connectivity index (χ4v) is 1.70. The molecule has 0 fully saturated rings. The van der Waals surface area contributed by atoms with Gasteiger partial charge in [-0.15, -0.1) is 24.0 Å².